The molecule has 0 aliphatic carbocycles. The number of fused-ring (bicyclic) bond motifs is 1. The molecule has 0 atom stereocenters. The lowest BCUT2D eigenvalue weighted by atomic mass is 10.1. The van der Waals surface area contributed by atoms with Gasteiger partial charge < -0.3 is 10.6 Å². The molecule has 3 amide bonds. The number of nitrogen functional groups attached to an aromatic ring is 1. The maximum absolute atomic E-state index is 12.2. The fraction of sp³-hybridized carbons (Fsp3) is 0.357. The van der Waals surface area contributed by atoms with Crippen molar-refractivity contribution >= 4 is 23.4 Å². The van der Waals surface area contributed by atoms with E-state index < -0.39 is 11.8 Å². The van der Waals surface area contributed by atoms with Crippen LogP contribution in [-0.2, 0) is 4.79 Å². The minimum Gasteiger partial charge on any atom is -0.398 e. The number of likely N-dealkylation sites (N-methyl/N-ethyl adjacent to an activating group) is 1. The Kier molecular flexibility index (Phi) is 3.74. The zero-order chi connectivity index (χ0) is 14.9. The first-order valence-corrected chi connectivity index (χ1v) is 6.53. The van der Waals surface area contributed by atoms with Crippen LogP contribution in [0.2, 0.25) is 0 Å². The number of imide groups is 1. The highest BCUT2D eigenvalue weighted by molar-refractivity contribution is 6.24. The molecule has 1 heterocycles. The molecule has 0 bridgehead atoms. The van der Waals surface area contributed by atoms with Gasteiger partial charge in [-0.2, -0.15) is 0 Å². The van der Waals surface area contributed by atoms with Crippen molar-refractivity contribution in [1.29, 1.82) is 0 Å². The van der Waals surface area contributed by atoms with Crippen LogP contribution in [0.4, 0.5) is 5.69 Å². The maximum atomic E-state index is 12.2. The van der Waals surface area contributed by atoms with E-state index in [-0.39, 0.29) is 29.3 Å². The minimum absolute atomic E-state index is 0.199. The Bertz CT molecular complexity index is 579. The number of rotatable bonds is 4. The van der Waals surface area contributed by atoms with Crippen molar-refractivity contribution in [2.45, 2.75) is 13.8 Å². The van der Waals surface area contributed by atoms with Gasteiger partial charge in [0.1, 0.15) is 6.54 Å². The Hall–Kier alpha value is -2.37. The number of hydrogen-bond acceptors (Lipinski definition) is 4. The number of carbonyl (C=O) groups is 3. The van der Waals surface area contributed by atoms with Crippen LogP contribution >= 0.6 is 0 Å². The van der Waals surface area contributed by atoms with Gasteiger partial charge in [0.05, 0.1) is 11.1 Å². The van der Waals surface area contributed by atoms with Crippen molar-refractivity contribution in [3.8, 4) is 0 Å². The number of nitrogens with zero attached hydrogens (tertiary/aromatic N) is 2. The second-order valence-electron chi connectivity index (χ2n) is 4.53. The number of amides is 3. The van der Waals surface area contributed by atoms with Crippen molar-refractivity contribution in [1.82, 2.24) is 9.80 Å². The van der Waals surface area contributed by atoms with Crippen molar-refractivity contribution in [3.63, 3.8) is 0 Å². The van der Waals surface area contributed by atoms with Gasteiger partial charge in [0, 0.05) is 18.8 Å². The molecule has 106 valence electrons. The molecule has 6 nitrogen and oxygen atoms in total. The molecule has 0 aromatic heterocycles. The number of anilines is 1. The molecule has 0 fully saturated rings. The molecule has 2 N–H and O–H groups in total. The predicted octanol–water partition coefficient (Wildman–Crippen LogP) is 0.733. The van der Waals surface area contributed by atoms with E-state index in [1.165, 1.54) is 0 Å². The fourth-order valence-corrected chi connectivity index (χ4v) is 2.31. The maximum Gasteiger partial charge on any atom is 0.264 e. The number of benzene rings is 1. The average molecular weight is 275 g/mol. The number of nitrogens with two attached hydrogens (primary N) is 1. The van der Waals surface area contributed by atoms with Crippen LogP contribution in [-0.4, -0.2) is 47.2 Å². The molecule has 1 aromatic rings. The summed E-state index contributed by atoms with van der Waals surface area (Å²) in [5, 5.41) is 0. The van der Waals surface area contributed by atoms with Crippen molar-refractivity contribution in [3.05, 3.63) is 29.3 Å². The monoisotopic (exact) mass is 275 g/mol. The average Bonchev–Trinajstić information content (AvgIpc) is 2.66. The van der Waals surface area contributed by atoms with Crippen LogP contribution in [0.5, 0.6) is 0 Å². The molecule has 0 spiro atoms. The van der Waals surface area contributed by atoms with E-state index in [9.17, 15) is 14.4 Å². The SMILES string of the molecule is CCN(CC)C(=O)CN1C(=O)c2cccc(N)c2C1=O. The molecule has 0 radical (unpaired) electrons. The summed E-state index contributed by atoms with van der Waals surface area (Å²) in [7, 11) is 0. The zero-order valence-electron chi connectivity index (χ0n) is 11.5. The second-order valence-corrected chi connectivity index (χ2v) is 4.53. The molecule has 1 aromatic carbocycles. The van der Waals surface area contributed by atoms with Gasteiger partial charge in [-0.1, -0.05) is 6.07 Å². The van der Waals surface area contributed by atoms with Gasteiger partial charge in [0.2, 0.25) is 5.91 Å². The Morgan fingerprint density at radius 3 is 2.40 bits per heavy atom. The van der Waals surface area contributed by atoms with E-state index in [0.717, 1.165) is 4.90 Å². The lowest BCUT2D eigenvalue weighted by Gasteiger charge is -2.21. The highest BCUT2D eigenvalue weighted by Gasteiger charge is 2.38. The van der Waals surface area contributed by atoms with Crippen LogP contribution in [0.1, 0.15) is 34.6 Å². The molecular formula is C14H17N3O3. The van der Waals surface area contributed by atoms with Gasteiger partial charge in [-0.25, -0.2) is 0 Å². The molecule has 20 heavy (non-hydrogen) atoms. The second kappa shape index (κ2) is 5.32. The number of carbonyl (C=O) groups excluding carboxylic acids is 3. The molecule has 2 rings (SSSR count). The summed E-state index contributed by atoms with van der Waals surface area (Å²) >= 11 is 0. The van der Waals surface area contributed by atoms with E-state index in [0.29, 0.717) is 13.1 Å². The summed E-state index contributed by atoms with van der Waals surface area (Å²) < 4.78 is 0. The molecule has 6 heteroatoms. The summed E-state index contributed by atoms with van der Waals surface area (Å²) in [6, 6.07) is 4.74. The topological polar surface area (TPSA) is 83.7 Å². The van der Waals surface area contributed by atoms with Crippen LogP contribution in [0.15, 0.2) is 18.2 Å². The lowest BCUT2D eigenvalue weighted by Crippen LogP contribution is -2.42. The van der Waals surface area contributed by atoms with E-state index in [1.54, 1.807) is 23.1 Å². The smallest absolute Gasteiger partial charge is 0.264 e. The van der Waals surface area contributed by atoms with Gasteiger partial charge in [0.15, 0.2) is 0 Å². The third kappa shape index (κ3) is 2.13. The lowest BCUT2D eigenvalue weighted by molar-refractivity contribution is -0.131. The van der Waals surface area contributed by atoms with Gasteiger partial charge in [-0.05, 0) is 26.0 Å². The van der Waals surface area contributed by atoms with Crippen molar-refractivity contribution in [2.24, 2.45) is 0 Å². The first kappa shape index (κ1) is 14.0. The van der Waals surface area contributed by atoms with Crippen LogP contribution in [0.25, 0.3) is 0 Å². The number of hydrogen-bond donors (Lipinski definition) is 1. The Morgan fingerprint density at radius 2 is 1.85 bits per heavy atom. The summed E-state index contributed by atoms with van der Waals surface area (Å²) in [6.07, 6.45) is 0. The van der Waals surface area contributed by atoms with E-state index in [4.69, 9.17) is 5.73 Å². The third-order valence-electron chi connectivity index (χ3n) is 3.44. The van der Waals surface area contributed by atoms with Gasteiger partial charge in [-0.15, -0.1) is 0 Å². The van der Waals surface area contributed by atoms with E-state index in [1.807, 2.05) is 13.8 Å². The van der Waals surface area contributed by atoms with E-state index in [2.05, 4.69) is 0 Å². The third-order valence-corrected chi connectivity index (χ3v) is 3.44. The zero-order valence-corrected chi connectivity index (χ0v) is 11.5. The molecule has 0 saturated heterocycles. The summed E-state index contributed by atoms with van der Waals surface area (Å²) in [5.74, 6) is -1.20. The van der Waals surface area contributed by atoms with Crippen LogP contribution in [0.3, 0.4) is 0 Å². The molecular weight excluding hydrogens is 258 g/mol. The van der Waals surface area contributed by atoms with Gasteiger partial charge in [-0.3, -0.25) is 19.3 Å². The van der Waals surface area contributed by atoms with Gasteiger partial charge in [0.25, 0.3) is 11.8 Å². The first-order valence-electron chi connectivity index (χ1n) is 6.53. The van der Waals surface area contributed by atoms with Crippen molar-refractivity contribution in [2.75, 3.05) is 25.4 Å². The Balaban J connectivity index is 2.25. The fourth-order valence-electron chi connectivity index (χ4n) is 2.31. The predicted molar refractivity (Wildman–Crippen MR) is 74.1 cm³/mol. The quantitative estimate of drug-likeness (QED) is 0.648. The molecule has 1 aliphatic rings. The Morgan fingerprint density at radius 1 is 1.20 bits per heavy atom. The van der Waals surface area contributed by atoms with Crippen molar-refractivity contribution < 1.29 is 14.4 Å². The Labute approximate surface area is 117 Å². The largest absolute Gasteiger partial charge is 0.398 e. The first-order chi connectivity index (χ1) is 9.51. The summed E-state index contributed by atoms with van der Waals surface area (Å²) in [6.45, 7) is 4.54. The van der Waals surface area contributed by atoms with Gasteiger partial charge >= 0.3 is 0 Å². The highest BCUT2D eigenvalue weighted by Crippen LogP contribution is 2.27. The molecule has 0 unspecified atom stereocenters. The van der Waals surface area contributed by atoms with Crippen LogP contribution < -0.4 is 5.73 Å². The van der Waals surface area contributed by atoms with Crippen LogP contribution in [0, 0.1) is 0 Å². The highest BCUT2D eigenvalue weighted by atomic mass is 16.2. The summed E-state index contributed by atoms with van der Waals surface area (Å²) in [4.78, 5) is 39.0. The summed E-state index contributed by atoms with van der Waals surface area (Å²) in [5.41, 5.74) is 6.46. The standard InChI is InChI=1S/C14H17N3O3/c1-3-16(4-2)11(18)8-17-13(19)9-6-5-7-10(15)12(9)14(17)20/h5-7H,3-4,8,15H2,1-2H3. The minimum atomic E-state index is -0.497. The molecule has 1 aliphatic heterocycles. The molecule has 0 saturated carbocycles. The van der Waals surface area contributed by atoms with E-state index >= 15 is 0 Å². The normalized spacial score (nSPS) is 13.6.